The Kier molecular flexibility index (Phi) is 19.0. The maximum Gasteiger partial charge on any atom is 0.495 e. The Bertz CT molecular complexity index is 4150. The van der Waals surface area contributed by atoms with E-state index in [1.54, 1.807) is 42.2 Å². The van der Waals surface area contributed by atoms with Crippen LogP contribution in [0.5, 0.6) is 0 Å². The third kappa shape index (κ3) is 13.0. The average Bonchev–Trinajstić information content (AvgIpc) is 4.34. The van der Waals surface area contributed by atoms with E-state index in [-0.39, 0.29) is 46.9 Å². The molecular formula is C59H52BClF4N8O6S4. The topological polar surface area (TPSA) is 172 Å². The third-order valence-corrected chi connectivity index (χ3v) is 16.2. The average molecular weight is 1220 g/mol. The summed E-state index contributed by atoms with van der Waals surface area (Å²) in [5.41, 5.74) is 3.65. The lowest BCUT2D eigenvalue weighted by atomic mass is 9.76. The number of thioether (sulfide) groups is 2. The highest BCUT2D eigenvalue weighted by Crippen LogP contribution is 2.38. The van der Waals surface area contributed by atoms with E-state index < -0.39 is 52.9 Å². The van der Waals surface area contributed by atoms with Crippen molar-refractivity contribution in [2.45, 2.75) is 70.5 Å². The van der Waals surface area contributed by atoms with Crippen molar-refractivity contribution in [1.29, 1.82) is 0 Å². The maximum absolute atomic E-state index is 14.7. The van der Waals surface area contributed by atoms with Gasteiger partial charge in [-0.25, -0.2) is 37.5 Å². The summed E-state index contributed by atoms with van der Waals surface area (Å²) in [7, 11) is -0.437. The van der Waals surface area contributed by atoms with Crippen molar-refractivity contribution in [3.8, 4) is 22.6 Å². The number of para-hydroxylation sites is 2. The zero-order chi connectivity index (χ0) is 58.8. The van der Waals surface area contributed by atoms with Crippen molar-refractivity contribution in [3.63, 3.8) is 0 Å². The van der Waals surface area contributed by atoms with E-state index in [9.17, 15) is 36.7 Å². The molecule has 0 aliphatic carbocycles. The number of thiophene rings is 2. The fourth-order valence-electron chi connectivity index (χ4n) is 8.47. The molecule has 2 amide bonds. The van der Waals surface area contributed by atoms with Crippen LogP contribution in [0.4, 0.5) is 28.9 Å². The van der Waals surface area contributed by atoms with Crippen LogP contribution in [0.1, 0.15) is 67.0 Å². The number of halogens is 5. The Morgan fingerprint density at radius 1 is 0.602 bits per heavy atom. The Hall–Kier alpha value is -7.51. The summed E-state index contributed by atoms with van der Waals surface area (Å²) in [6, 6.07) is 26.9. The Morgan fingerprint density at radius 2 is 1.05 bits per heavy atom. The first-order chi connectivity index (χ1) is 39.1. The molecular weight excluding hydrogens is 1170 g/mol. The molecule has 1 fully saturated rings. The number of aromatic nitrogens is 6. The summed E-state index contributed by atoms with van der Waals surface area (Å²) >= 11 is 11.4. The second kappa shape index (κ2) is 25.5. The molecule has 0 spiro atoms. The van der Waals surface area contributed by atoms with E-state index in [1.807, 2.05) is 88.0 Å². The molecule has 4 aromatic carbocycles. The third-order valence-electron chi connectivity index (χ3n) is 13.5. The van der Waals surface area contributed by atoms with Crippen molar-refractivity contribution < 1.29 is 36.5 Å². The standard InChI is InChI=1S/C26H18F2N4O2S2.C18H22BNO3S.C14H8ClF2N3OS.CH4/c1-14-6-7-16(29-25(34)15-10-11-36-13-15)12-18(14)22-17-8-9-21(33)32(24(17)31-26(30-22)35-2)23-19(27)4-3-5-20(23)28;1-12-6-7-14(20-16(21)13-8-9-24-11-13)10-15(12)19-22-17(2,3)18(4,5)23-19;1-22-14-18-12(15)7-5-6-10(21)20(13(7)19-14)11-8(16)3-2-4-9(11)17;/h3-13H,1-2H3,(H,29,34);6-11H,1-5H3,(H,20,21);2-6H,1H3;1H4. The molecule has 10 aromatic rings. The Balaban J connectivity index is 0.000000169. The summed E-state index contributed by atoms with van der Waals surface area (Å²) in [5.74, 6) is -3.85. The number of anilines is 2. The van der Waals surface area contributed by atoms with Gasteiger partial charge in [-0.2, -0.15) is 22.7 Å². The van der Waals surface area contributed by atoms with Crippen molar-refractivity contribution in [1.82, 2.24) is 29.1 Å². The van der Waals surface area contributed by atoms with Crippen LogP contribution < -0.4 is 27.2 Å². The Labute approximate surface area is 496 Å². The first-order valence-electron chi connectivity index (χ1n) is 24.8. The molecule has 426 valence electrons. The van der Waals surface area contributed by atoms with E-state index >= 15 is 0 Å². The number of aryl methyl sites for hydroxylation is 2. The molecule has 11 rings (SSSR count). The largest absolute Gasteiger partial charge is 0.495 e. The van der Waals surface area contributed by atoms with Gasteiger partial charge in [0.2, 0.25) is 0 Å². The van der Waals surface area contributed by atoms with Gasteiger partial charge in [-0.3, -0.25) is 28.3 Å². The molecule has 6 aromatic heterocycles. The smallest absolute Gasteiger partial charge is 0.399 e. The molecule has 0 unspecified atom stereocenters. The highest BCUT2D eigenvalue weighted by atomic mass is 35.5. The van der Waals surface area contributed by atoms with Gasteiger partial charge in [0, 0.05) is 45.2 Å². The molecule has 7 heterocycles. The second-order valence-corrected chi connectivity index (χ2v) is 22.8. The number of carbonyl (C=O) groups excluding carboxylic acids is 2. The van der Waals surface area contributed by atoms with E-state index in [2.05, 4.69) is 30.6 Å². The lowest BCUT2D eigenvalue weighted by Crippen LogP contribution is -2.41. The summed E-state index contributed by atoms with van der Waals surface area (Å²) in [5, 5.41) is 14.6. The van der Waals surface area contributed by atoms with Crippen LogP contribution in [0.15, 0.2) is 151 Å². The van der Waals surface area contributed by atoms with Gasteiger partial charge in [-0.05, 0) is 149 Å². The molecule has 0 atom stereocenters. The van der Waals surface area contributed by atoms with Crippen molar-refractivity contribution in [2.75, 3.05) is 23.1 Å². The number of amides is 2. The second-order valence-electron chi connectivity index (χ2n) is 19.3. The number of rotatable bonds is 10. The van der Waals surface area contributed by atoms with Crippen LogP contribution in [-0.2, 0) is 9.31 Å². The van der Waals surface area contributed by atoms with Crippen LogP contribution in [0.25, 0.3) is 44.7 Å². The van der Waals surface area contributed by atoms with E-state index in [0.717, 1.165) is 55.7 Å². The lowest BCUT2D eigenvalue weighted by molar-refractivity contribution is 0.00578. The highest BCUT2D eigenvalue weighted by Gasteiger charge is 2.52. The SMILES string of the molecule is C.CSc1nc(-c2cc(NC(=O)c3ccsc3)ccc2C)c2ccc(=O)n(-c3c(F)cccc3F)c2n1.CSc1nc(Cl)c2ccc(=O)n(-c3c(F)cccc3F)c2n1.Cc1ccc(NC(=O)c2ccsc2)cc1B1OC(C)(C)C(C)(C)O1. The van der Waals surface area contributed by atoms with Gasteiger partial charge in [0.1, 0.15) is 39.8 Å². The Morgan fingerprint density at radius 3 is 1.52 bits per heavy atom. The molecule has 1 saturated heterocycles. The predicted octanol–water partition coefficient (Wildman–Crippen LogP) is 13.7. The number of hydrogen-bond donors (Lipinski definition) is 2. The van der Waals surface area contributed by atoms with Crippen LogP contribution >= 0.6 is 57.8 Å². The minimum atomic E-state index is -0.884. The molecule has 14 nitrogen and oxygen atoms in total. The number of nitrogens with zero attached hydrogens (tertiary/aromatic N) is 6. The number of nitrogens with one attached hydrogen (secondary N) is 2. The summed E-state index contributed by atoms with van der Waals surface area (Å²) in [6.07, 6.45) is 3.50. The zero-order valence-corrected chi connectivity index (χ0v) is 49.0. The number of hydrogen-bond acceptors (Lipinski definition) is 14. The van der Waals surface area contributed by atoms with Gasteiger partial charge in [-0.15, -0.1) is 0 Å². The van der Waals surface area contributed by atoms with Crippen molar-refractivity contribution in [3.05, 3.63) is 202 Å². The first-order valence-corrected chi connectivity index (χ1v) is 29.5. The predicted molar refractivity (Wildman–Crippen MR) is 327 cm³/mol. The van der Waals surface area contributed by atoms with Gasteiger partial charge in [-0.1, -0.05) is 72.4 Å². The molecule has 0 saturated carbocycles. The van der Waals surface area contributed by atoms with Gasteiger partial charge >= 0.3 is 7.12 Å². The monoisotopic (exact) mass is 1220 g/mol. The summed E-state index contributed by atoms with van der Waals surface area (Å²) < 4.78 is 71.6. The van der Waals surface area contributed by atoms with Crippen molar-refractivity contribution in [2.24, 2.45) is 0 Å². The first kappa shape index (κ1) is 61.6. The minimum absolute atomic E-state index is 0. The highest BCUT2D eigenvalue weighted by molar-refractivity contribution is 7.98. The molecule has 24 heteroatoms. The fourth-order valence-corrected chi connectivity index (χ4v) is 10.7. The van der Waals surface area contributed by atoms with Gasteiger partial charge in [0.25, 0.3) is 22.9 Å². The van der Waals surface area contributed by atoms with Crippen LogP contribution in [-0.4, -0.2) is 71.7 Å². The molecule has 1 aliphatic rings. The maximum atomic E-state index is 14.7. The number of fused-ring (bicyclic) bond motifs is 2. The molecule has 1 aliphatic heterocycles. The minimum Gasteiger partial charge on any atom is -0.399 e. The normalized spacial score (nSPS) is 13.1. The van der Waals surface area contributed by atoms with E-state index in [4.69, 9.17) is 20.9 Å². The zero-order valence-electron chi connectivity index (χ0n) is 44.9. The summed E-state index contributed by atoms with van der Waals surface area (Å²) in [4.78, 5) is 67.2. The fraction of sp³-hybridized carbons (Fsp3) is 0.186. The van der Waals surface area contributed by atoms with Crippen LogP contribution in [0.3, 0.4) is 0 Å². The van der Waals surface area contributed by atoms with Gasteiger partial charge in [0.05, 0.1) is 33.4 Å². The molecule has 0 radical (unpaired) electrons. The van der Waals surface area contributed by atoms with Crippen LogP contribution in [0, 0.1) is 37.1 Å². The molecule has 0 bridgehead atoms. The summed E-state index contributed by atoms with van der Waals surface area (Å²) in [6.45, 7) is 12.0. The number of benzene rings is 4. The quantitative estimate of drug-likeness (QED) is 0.0437. The van der Waals surface area contributed by atoms with Gasteiger partial charge < -0.3 is 19.9 Å². The van der Waals surface area contributed by atoms with Gasteiger partial charge in [0.15, 0.2) is 21.6 Å². The van der Waals surface area contributed by atoms with Crippen molar-refractivity contribution >= 4 is 116 Å². The van der Waals surface area contributed by atoms with E-state index in [0.29, 0.717) is 49.2 Å². The molecule has 83 heavy (non-hydrogen) atoms. The number of carbonyl (C=O) groups is 2. The van der Waals surface area contributed by atoms with Crippen LogP contribution in [0.2, 0.25) is 5.15 Å². The lowest BCUT2D eigenvalue weighted by Gasteiger charge is -2.32. The number of pyridine rings is 2. The van der Waals surface area contributed by atoms with E-state index in [1.165, 1.54) is 76.5 Å². The molecule has 2 N–H and O–H groups in total.